The maximum absolute atomic E-state index is 13.1. The molecule has 1 unspecified atom stereocenters. The summed E-state index contributed by atoms with van der Waals surface area (Å²) in [5, 5.41) is 11.6. The lowest BCUT2D eigenvalue weighted by Gasteiger charge is -2.31. The Balaban J connectivity index is 1.96. The molecule has 1 aromatic heterocycles. The van der Waals surface area contributed by atoms with Gasteiger partial charge in [0, 0.05) is 22.6 Å². The molecule has 0 spiro atoms. The molecular weight excluding hydrogens is 388 g/mol. The van der Waals surface area contributed by atoms with Crippen LogP contribution in [-0.4, -0.2) is 27.7 Å². The Labute approximate surface area is 174 Å². The van der Waals surface area contributed by atoms with Gasteiger partial charge in [-0.2, -0.15) is 5.10 Å². The lowest BCUT2D eigenvalue weighted by Crippen LogP contribution is -2.40. The number of urea groups is 1. The predicted molar refractivity (Wildman–Crippen MR) is 118 cm³/mol. The van der Waals surface area contributed by atoms with Gasteiger partial charge in [-0.1, -0.05) is 49.7 Å². The van der Waals surface area contributed by atoms with E-state index in [4.69, 9.17) is 11.6 Å². The van der Waals surface area contributed by atoms with Crippen molar-refractivity contribution in [2.45, 2.75) is 33.7 Å². The molecule has 0 radical (unpaired) electrons. The second-order valence-electron chi connectivity index (χ2n) is 7.60. The van der Waals surface area contributed by atoms with Crippen LogP contribution in [0.25, 0.3) is 10.8 Å². The molecule has 152 valence electrons. The number of carbonyl (C=O) groups is 1. The summed E-state index contributed by atoms with van der Waals surface area (Å²) in [6.07, 6.45) is 0. The van der Waals surface area contributed by atoms with Crippen molar-refractivity contribution >= 4 is 34.1 Å². The van der Waals surface area contributed by atoms with E-state index in [1.807, 2.05) is 58.0 Å². The average Bonchev–Trinajstić information content (AvgIpc) is 2.69. The first kappa shape index (κ1) is 20.9. The van der Waals surface area contributed by atoms with E-state index in [-0.39, 0.29) is 23.6 Å². The zero-order chi connectivity index (χ0) is 21.1. The maximum Gasteiger partial charge on any atom is 0.322 e. The molecule has 0 bridgehead atoms. The highest BCUT2D eigenvalue weighted by Gasteiger charge is 2.25. The first-order chi connectivity index (χ1) is 13.8. The number of hydrogen-bond acceptors (Lipinski definition) is 3. The van der Waals surface area contributed by atoms with Gasteiger partial charge in [-0.3, -0.25) is 4.79 Å². The molecule has 0 aliphatic rings. The number of H-pyrrole nitrogens is 1. The standard InChI is InChI=1S/C22H25ClN4O2/c1-13(2)12-27(22(29)24-16-10-9-14(3)19(23)11-16)15(4)20-17-7-5-6-8-18(17)21(28)26-25-20/h5-11,13,15H,12H2,1-4H3,(H,24,29)(H,26,28). The molecule has 3 rings (SSSR count). The fraction of sp³-hybridized carbons (Fsp3) is 0.318. The van der Waals surface area contributed by atoms with Crippen molar-refractivity contribution in [1.82, 2.24) is 15.1 Å². The molecule has 7 heteroatoms. The van der Waals surface area contributed by atoms with Gasteiger partial charge in [0.25, 0.3) is 5.56 Å². The quantitative estimate of drug-likeness (QED) is 0.609. The average molecular weight is 413 g/mol. The minimum Gasteiger partial charge on any atom is -0.316 e. The highest BCUT2D eigenvalue weighted by molar-refractivity contribution is 6.31. The SMILES string of the molecule is Cc1ccc(NC(=O)N(CC(C)C)C(C)c2n[nH]c(=O)c3ccccc23)cc1Cl. The summed E-state index contributed by atoms with van der Waals surface area (Å²) in [7, 11) is 0. The van der Waals surface area contributed by atoms with Gasteiger partial charge in [-0.05, 0) is 43.5 Å². The number of rotatable bonds is 5. The van der Waals surface area contributed by atoms with Gasteiger partial charge >= 0.3 is 6.03 Å². The summed E-state index contributed by atoms with van der Waals surface area (Å²) in [6.45, 7) is 8.45. The van der Waals surface area contributed by atoms with Gasteiger partial charge in [0.2, 0.25) is 0 Å². The summed E-state index contributed by atoms with van der Waals surface area (Å²) in [4.78, 5) is 27.0. The number of halogens is 1. The van der Waals surface area contributed by atoms with Crippen LogP contribution in [-0.2, 0) is 0 Å². The number of amides is 2. The Hall–Kier alpha value is -2.86. The summed E-state index contributed by atoms with van der Waals surface area (Å²) in [5.41, 5.74) is 1.98. The number of nitrogens with zero attached hydrogens (tertiary/aromatic N) is 2. The molecule has 3 aromatic rings. The van der Waals surface area contributed by atoms with Crippen LogP contribution in [0.3, 0.4) is 0 Å². The van der Waals surface area contributed by atoms with Gasteiger partial charge < -0.3 is 10.2 Å². The number of carbonyl (C=O) groups excluding carboxylic acids is 1. The van der Waals surface area contributed by atoms with Crippen LogP contribution in [0.2, 0.25) is 5.02 Å². The minimum absolute atomic E-state index is 0.245. The normalized spacial score (nSPS) is 12.2. The predicted octanol–water partition coefficient (Wildman–Crippen LogP) is 5.14. The van der Waals surface area contributed by atoms with E-state index in [1.54, 1.807) is 17.0 Å². The van der Waals surface area contributed by atoms with Crippen molar-refractivity contribution in [1.29, 1.82) is 0 Å². The lowest BCUT2D eigenvalue weighted by molar-refractivity contribution is 0.182. The first-order valence-corrected chi connectivity index (χ1v) is 9.96. The van der Waals surface area contributed by atoms with E-state index in [0.29, 0.717) is 28.3 Å². The maximum atomic E-state index is 13.1. The van der Waals surface area contributed by atoms with Crippen LogP contribution < -0.4 is 10.9 Å². The minimum atomic E-state index is -0.347. The summed E-state index contributed by atoms with van der Waals surface area (Å²) in [5.74, 6) is 0.249. The van der Waals surface area contributed by atoms with Crippen molar-refractivity contribution < 1.29 is 4.79 Å². The monoisotopic (exact) mass is 412 g/mol. The number of aromatic nitrogens is 2. The molecule has 1 atom stereocenters. The van der Waals surface area contributed by atoms with Crippen LogP contribution >= 0.6 is 11.6 Å². The lowest BCUT2D eigenvalue weighted by atomic mass is 10.0. The number of anilines is 1. The molecule has 0 fully saturated rings. The fourth-order valence-corrected chi connectivity index (χ4v) is 3.46. The van der Waals surface area contributed by atoms with Crippen LogP contribution in [0, 0.1) is 12.8 Å². The van der Waals surface area contributed by atoms with E-state index in [0.717, 1.165) is 10.9 Å². The topological polar surface area (TPSA) is 78.1 Å². The van der Waals surface area contributed by atoms with E-state index >= 15 is 0 Å². The van der Waals surface area contributed by atoms with E-state index in [2.05, 4.69) is 15.5 Å². The molecule has 2 amide bonds. The Bertz CT molecular complexity index is 1090. The number of aryl methyl sites for hydroxylation is 1. The van der Waals surface area contributed by atoms with Crippen LogP contribution in [0.5, 0.6) is 0 Å². The van der Waals surface area contributed by atoms with Crippen LogP contribution in [0.15, 0.2) is 47.3 Å². The molecule has 0 aliphatic carbocycles. The number of nitrogens with one attached hydrogen (secondary N) is 2. The van der Waals surface area contributed by atoms with Crippen molar-refractivity contribution in [3.63, 3.8) is 0 Å². The van der Waals surface area contributed by atoms with Gasteiger partial charge in [0.05, 0.1) is 17.1 Å². The third-order valence-electron chi connectivity index (χ3n) is 4.83. The zero-order valence-corrected chi connectivity index (χ0v) is 17.7. The van der Waals surface area contributed by atoms with Crippen LogP contribution in [0.1, 0.15) is 38.1 Å². The molecule has 6 nitrogen and oxygen atoms in total. The van der Waals surface area contributed by atoms with Gasteiger partial charge in [-0.15, -0.1) is 0 Å². The molecule has 2 aromatic carbocycles. The first-order valence-electron chi connectivity index (χ1n) is 9.59. The van der Waals surface area contributed by atoms with Gasteiger partial charge in [0.1, 0.15) is 0 Å². The zero-order valence-electron chi connectivity index (χ0n) is 17.0. The Morgan fingerprint density at radius 2 is 1.86 bits per heavy atom. The Kier molecular flexibility index (Phi) is 6.23. The highest BCUT2D eigenvalue weighted by Crippen LogP contribution is 2.26. The van der Waals surface area contributed by atoms with Crippen LogP contribution in [0.4, 0.5) is 10.5 Å². The van der Waals surface area contributed by atoms with E-state index in [9.17, 15) is 9.59 Å². The molecule has 0 saturated heterocycles. The molecule has 0 aliphatic heterocycles. The fourth-order valence-electron chi connectivity index (χ4n) is 3.28. The van der Waals surface area contributed by atoms with Crippen molar-refractivity contribution in [3.05, 3.63) is 69.1 Å². The second-order valence-corrected chi connectivity index (χ2v) is 8.01. The van der Waals surface area contributed by atoms with Crippen molar-refractivity contribution in [3.8, 4) is 0 Å². The molecule has 1 heterocycles. The number of fused-ring (bicyclic) bond motifs is 1. The summed E-state index contributed by atoms with van der Waals surface area (Å²) < 4.78 is 0. The largest absolute Gasteiger partial charge is 0.322 e. The molecule has 29 heavy (non-hydrogen) atoms. The van der Waals surface area contributed by atoms with E-state index in [1.165, 1.54) is 0 Å². The summed E-state index contributed by atoms with van der Waals surface area (Å²) in [6, 6.07) is 12.1. The van der Waals surface area contributed by atoms with E-state index < -0.39 is 0 Å². The highest BCUT2D eigenvalue weighted by atomic mass is 35.5. The van der Waals surface area contributed by atoms with Crippen molar-refractivity contribution in [2.24, 2.45) is 5.92 Å². The molecule has 2 N–H and O–H groups in total. The number of benzene rings is 2. The second kappa shape index (κ2) is 8.66. The summed E-state index contributed by atoms with van der Waals surface area (Å²) >= 11 is 6.19. The third kappa shape index (κ3) is 4.59. The third-order valence-corrected chi connectivity index (χ3v) is 5.24. The molecule has 0 saturated carbocycles. The Morgan fingerprint density at radius 1 is 1.17 bits per heavy atom. The Morgan fingerprint density at radius 3 is 2.52 bits per heavy atom. The molecular formula is C22H25ClN4O2. The van der Waals surface area contributed by atoms with Crippen molar-refractivity contribution in [2.75, 3.05) is 11.9 Å². The number of hydrogen-bond donors (Lipinski definition) is 2. The van der Waals surface area contributed by atoms with Gasteiger partial charge in [-0.25, -0.2) is 9.89 Å². The van der Waals surface area contributed by atoms with Gasteiger partial charge in [0.15, 0.2) is 0 Å². The smallest absolute Gasteiger partial charge is 0.316 e. The number of aromatic amines is 1.